The Hall–Kier alpha value is -1.78. The summed E-state index contributed by atoms with van der Waals surface area (Å²) < 4.78 is 6.92. The molecule has 0 aliphatic rings. The first-order chi connectivity index (χ1) is 6.22. The highest BCUT2D eigenvalue weighted by Gasteiger charge is 2.07. The van der Waals surface area contributed by atoms with Crippen LogP contribution in [0.3, 0.4) is 0 Å². The standard InChI is InChI=1S/C8H10N4O/c1-5-10-11-8-7(13-2)3-6(9)4-12(5)8/h3-4H,9H2,1-2H3. The predicted molar refractivity (Wildman–Crippen MR) is 48.7 cm³/mol. The number of anilines is 1. The molecule has 2 heterocycles. The quantitative estimate of drug-likeness (QED) is 0.695. The molecule has 5 heteroatoms. The normalized spacial score (nSPS) is 10.6. The number of nitrogens with zero attached hydrogens (tertiary/aromatic N) is 3. The molecule has 0 aliphatic heterocycles. The predicted octanol–water partition coefficient (Wildman–Crippen LogP) is 0.629. The van der Waals surface area contributed by atoms with E-state index in [0.29, 0.717) is 17.1 Å². The van der Waals surface area contributed by atoms with E-state index in [4.69, 9.17) is 10.5 Å². The van der Waals surface area contributed by atoms with Crippen LogP contribution in [0.1, 0.15) is 5.82 Å². The van der Waals surface area contributed by atoms with Gasteiger partial charge in [0.1, 0.15) is 5.82 Å². The average Bonchev–Trinajstić information content (AvgIpc) is 2.47. The lowest BCUT2D eigenvalue weighted by Gasteiger charge is -2.03. The Kier molecular flexibility index (Phi) is 1.58. The summed E-state index contributed by atoms with van der Waals surface area (Å²) in [6, 6.07) is 1.73. The molecule has 0 radical (unpaired) electrons. The van der Waals surface area contributed by atoms with Crippen molar-refractivity contribution in [3.05, 3.63) is 18.1 Å². The third-order valence-corrected chi connectivity index (χ3v) is 1.88. The Morgan fingerprint density at radius 3 is 2.92 bits per heavy atom. The number of rotatable bonds is 1. The fraction of sp³-hybridized carbons (Fsp3) is 0.250. The van der Waals surface area contributed by atoms with Gasteiger partial charge in [0.15, 0.2) is 5.75 Å². The molecule has 68 valence electrons. The Morgan fingerprint density at radius 1 is 1.46 bits per heavy atom. The third-order valence-electron chi connectivity index (χ3n) is 1.88. The van der Waals surface area contributed by atoms with Gasteiger partial charge in [0, 0.05) is 12.3 Å². The van der Waals surface area contributed by atoms with E-state index in [-0.39, 0.29) is 0 Å². The minimum absolute atomic E-state index is 0.632. The lowest BCUT2D eigenvalue weighted by molar-refractivity contribution is 0.417. The van der Waals surface area contributed by atoms with E-state index in [1.54, 1.807) is 23.8 Å². The van der Waals surface area contributed by atoms with Crippen molar-refractivity contribution in [2.75, 3.05) is 12.8 Å². The van der Waals surface area contributed by atoms with Gasteiger partial charge in [0.25, 0.3) is 0 Å². The van der Waals surface area contributed by atoms with Crippen LogP contribution in [-0.2, 0) is 0 Å². The molecule has 0 atom stereocenters. The fourth-order valence-corrected chi connectivity index (χ4v) is 1.24. The number of pyridine rings is 1. The van der Waals surface area contributed by atoms with Crippen LogP contribution in [0.25, 0.3) is 5.65 Å². The summed E-state index contributed by atoms with van der Waals surface area (Å²) in [5, 5.41) is 7.89. The summed E-state index contributed by atoms with van der Waals surface area (Å²) in [4.78, 5) is 0. The molecule has 0 saturated heterocycles. The molecular formula is C8H10N4O. The molecular weight excluding hydrogens is 168 g/mol. The van der Waals surface area contributed by atoms with Gasteiger partial charge < -0.3 is 10.5 Å². The molecule has 2 aromatic rings. The largest absolute Gasteiger partial charge is 0.493 e. The van der Waals surface area contributed by atoms with Crippen molar-refractivity contribution in [3.8, 4) is 5.75 Å². The zero-order chi connectivity index (χ0) is 9.42. The van der Waals surface area contributed by atoms with Gasteiger partial charge in [-0.05, 0) is 6.92 Å². The highest BCUT2D eigenvalue weighted by Crippen LogP contribution is 2.21. The van der Waals surface area contributed by atoms with Gasteiger partial charge in [0.05, 0.1) is 12.8 Å². The molecule has 0 saturated carbocycles. The van der Waals surface area contributed by atoms with Crippen molar-refractivity contribution in [1.29, 1.82) is 0 Å². The minimum Gasteiger partial charge on any atom is -0.493 e. The van der Waals surface area contributed by atoms with Crippen LogP contribution >= 0.6 is 0 Å². The van der Waals surface area contributed by atoms with Crippen LogP contribution in [0, 0.1) is 6.92 Å². The Bertz CT molecular complexity index is 449. The van der Waals surface area contributed by atoms with Crippen LogP contribution in [0.2, 0.25) is 0 Å². The smallest absolute Gasteiger partial charge is 0.203 e. The number of aromatic nitrogens is 3. The second-order valence-electron chi connectivity index (χ2n) is 2.78. The molecule has 5 nitrogen and oxygen atoms in total. The molecule has 0 unspecified atom stereocenters. The van der Waals surface area contributed by atoms with Crippen molar-refractivity contribution in [1.82, 2.24) is 14.6 Å². The molecule has 0 aliphatic carbocycles. The van der Waals surface area contributed by atoms with E-state index in [1.807, 2.05) is 6.92 Å². The van der Waals surface area contributed by atoms with Crippen LogP contribution in [0.15, 0.2) is 12.3 Å². The highest BCUT2D eigenvalue weighted by atomic mass is 16.5. The number of methoxy groups -OCH3 is 1. The lowest BCUT2D eigenvalue weighted by Crippen LogP contribution is -1.96. The molecule has 2 N–H and O–H groups in total. The topological polar surface area (TPSA) is 65.4 Å². The van der Waals surface area contributed by atoms with Gasteiger partial charge in [0.2, 0.25) is 5.65 Å². The van der Waals surface area contributed by atoms with E-state index in [9.17, 15) is 0 Å². The zero-order valence-corrected chi connectivity index (χ0v) is 7.48. The van der Waals surface area contributed by atoms with E-state index >= 15 is 0 Å². The van der Waals surface area contributed by atoms with Gasteiger partial charge in [-0.25, -0.2) is 0 Å². The summed E-state index contributed by atoms with van der Waals surface area (Å²) in [5.74, 6) is 1.43. The van der Waals surface area contributed by atoms with Crippen LogP contribution in [0.4, 0.5) is 5.69 Å². The van der Waals surface area contributed by atoms with Gasteiger partial charge in [-0.3, -0.25) is 4.40 Å². The SMILES string of the molecule is COc1cc(N)cn2c(C)nnc12. The van der Waals surface area contributed by atoms with Crippen LogP contribution in [0.5, 0.6) is 5.75 Å². The van der Waals surface area contributed by atoms with Crippen LogP contribution in [-0.4, -0.2) is 21.7 Å². The zero-order valence-electron chi connectivity index (χ0n) is 7.48. The third kappa shape index (κ3) is 1.09. The maximum atomic E-state index is 5.67. The van der Waals surface area contributed by atoms with Crippen molar-refractivity contribution in [3.63, 3.8) is 0 Å². The lowest BCUT2D eigenvalue weighted by atomic mass is 10.4. The first-order valence-corrected chi connectivity index (χ1v) is 3.87. The summed E-state index contributed by atoms with van der Waals surface area (Å²) in [6.07, 6.45) is 1.77. The second kappa shape index (κ2) is 2.62. The molecule has 0 bridgehead atoms. The van der Waals surface area contributed by atoms with Gasteiger partial charge in [-0.15, -0.1) is 10.2 Å². The number of hydrogen-bond donors (Lipinski definition) is 1. The van der Waals surface area contributed by atoms with Crippen molar-refractivity contribution in [2.24, 2.45) is 0 Å². The van der Waals surface area contributed by atoms with E-state index in [1.165, 1.54) is 0 Å². The molecule has 0 aromatic carbocycles. The molecule has 0 fully saturated rings. The fourth-order valence-electron chi connectivity index (χ4n) is 1.24. The maximum absolute atomic E-state index is 5.67. The van der Waals surface area contributed by atoms with Crippen molar-refractivity contribution >= 4 is 11.3 Å². The molecule has 2 rings (SSSR count). The first-order valence-electron chi connectivity index (χ1n) is 3.87. The van der Waals surface area contributed by atoms with Gasteiger partial charge in [-0.2, -0.15) is 0 Å². The molecule has 0 amide bonds. The Labute approximate surface area is 75.1 Å². The molecule has 2 aromatic heterocycles. The van der Waals surface area contributed by atoms with E-state index in [2.05, 4.69) is 10.2 Å². The number of ether oxygens (including phenoxy) is 1. The minimum atomic E-state index is 0.632. The number of hydrogen-bond acceptors (Lipinski definition) is 4. The summed E-state index contributed by atoms with van der Waals surface area (Å²) >= 11 is 0. The van der Waals surface area contributed by atoms with Crippen molar-refractivity contribution < 1.29 is 4.74 Å². The molecule has 0 spiro atoms. The average molecular weight is 178 g/mol. The van der Waals surface area contributed by atoms with Crippen molar-refractivity contribution in [2.45, 2.75) is 6.92 Å². The summed E-state index contributed by atoms with van der Waals surface area (Å²) in [5.41, 5.74) is 6.99. The summed E-state index contributed by atoms with van der Waals surface area (Å²) in [7, 11) is 1.58. The highest BCUT2D eigenvalue weighted by molar-refractivity contribution is 5.59. The Morgan fingerprint density at radius 2 is 2.23 bits per heavy atom. The van der Waals surface area contributed by atoms with Gasteiger partial charge >= 0.3 is 0 Å². The first kappa shape index (κ1) is 7.85. The summed E-state index contributed by atoms with van der Waals surface area (Å²) in [6.45, 7) is 1.86. The van der Waals surface area contributed by atoms with Gasteiger partial charge in [-0.1, -0.05) is 0 Å². The van der Waals surface area contributed by atoms with E-state index in [0.717, 1.165) is 5.82 Å². The number of nitrogen functional groups attached to an aromatic ring is 1. The van der Waals surface area contributed by atoms with E-state index < -0.39 is 0 Å². The molecule has 13 heavy (non-hydrogen) atoms. The van der Waals surface area contributed by atoms with Crippen LogP contribution < -0.4 is 10.5 Å². The second-order valence-corrected chi connectivity index (χ2v) is 2.78. The number of fused-ring (bicyclic) bond motifs is 1. The number of nitrogens with two attached hydrogens (primary N) is 1. The Balaban J connectivity index is 2.84. The number of aryl methyl sites for hydroxylation is 1. The monoisotopic (exact) mass is 178 g/mol. The maximum Gasteiger partial charge on any atom is 0.203 e.